The number of pyridine rings is 1. The molecule has 210 valence electrons. The predicted molar refractivity (Wildman–Crippen MR) is 147 cm³/mol. The van der Waals surface area contributed by atoms with Crippen molar-refractivity contribution >= 4 is 26.8 Å². The summed E-state index contributed by atoms with van der Waals surface area (Å²) in [5, 5.41) is 8.38. The van der Waals surface area contributed by atoms with Gasteiger partial charge < -0.3 is 19.5 Å². The molecule has 3 aromatic rings. The smallest absolute Gasteiger partial charge is 0.252 e. The van der Waals surface area contributed by atoms with Crippen LogP contribution in [0.15, 0.2) is 24.3 Å². The maximum atomic E-state index is 13.6. The first-order valence-corrected chi connectivity index (χ1v) is 15.0. The first-order chi connectivity index (χ1) is 18.8. The summed E-state index contributed by atoms with van der Waals surface area (Å²) in [6, 6.07) is 6.89. The molecular weight excluding hydrogens is 522 g/mol. The molecule has 4 heterocycles. The number of nitrogens with one attached hydrogen (secondary N) is 1. The Morgan fingerprint density at radius 2 is 1.92 bits per heavy atom. The number of carbonyl (C=O) groups excluding carboxylic acids is 1. The van der Waals surface area contributed by atoms with E-state index in [0.29, 0.717) is 52.4 Å². The molecule has 1 N–H and O–H groups in total. The van der Waals surface area contributed by atoms with Crippen LogP contribution in [0.1, 0.15) is 34.9 Å². The number of nitrogens with zero attached hydrogens (tertiary/aromatic N) is 4. The second-order valence-corrected chi connectivity index (χ2v) is 12.2. The van der Waals surface area contributed by atoms with Crippen LogP contribution in [-0.2, 0) is 14.6 Å². The Balaban J connectivity index is 1.50. The van der Waals surface area contributed by atoms with E-state index in [4.69, 9.17) is 19.2 Å². The summed E-state index contributed by atoms with van der Waals surface area (Å²) in [4.78, 5) is 20.8. The zero-order valence-corrected chi connectivity index (χ0v) is 23.4. The molecule has 0 aliphatic carbocycles. The highest BCUT2D eigenvalue weighted by Gasteiger charge is 2.32. The Kier molecular flexibility index (Phi) is 8.06. The Hall–Kier alpha value is -3.22. The van der Waals surface area contributed by atoms with Crippen molar-refractivity contribution in [1.29, 1.82) is 0 Å². The van der Waals surface area contributed by atoms with E-state index in [2.05, 4.69) is 15.3 Å². The molecule has 2 saturated heterocycles. The Labute approximate surface area is 228 Å². The quantitative estimate of drug-likeness (QED) is 0.394. The van der Waals surface area contributed by atoms with Gasteiger partial charge in [0.25, 0.3) is 5.91 Å². The number of methoxy groups -OCH3 is 2. The van der Waals surface area contributed by atoms with Crippen molar-refractivity contribution in [2.75, 3.05) is 65.1 Å². The lowest BCUT2D eigenvalue weighted by molar-refractivity contribution is 0.0374. The van der Waals surface area contributed by atoms with Gasteiger partial charge in [0.05, 0.1) is 67.3 Å². The van der Waals surface area contributed by atoms with Gasteiger partial charge in [-0.05, 0) is 50.6 Å². The zero-order valence-electron chi connectivity index (χ0n) is 22.6. The monoisotopic (exact) mass is 557 g/mol. The Morgan fingerprint density at radius 3 is 2.62 bits per heavy atom. The summed E-state index contributed by atoms with van der Waals surface area (Å²) in [6.07, 6.45) is 1.28. The van der Waals surface area contributed by atoms with E-state index < -0.39 is 9.84 Å². The minimum Gasteiger partial charge on any atom is -0.493 e. The number of amides is 1. The van der Waals surface area contributed by atoms with Gasteiger partial charge in [0.15, 0.2) is 27.0 Å². The van der Waals surface area contributed by atoms with Gasteiger partial charge >= 0.3 is 0 Å². The number of benzene rings is 1. The first kappa shape index (κ1) is 27.4. The molecule has 1 atom stereocenters. The van der Waals surface area contributed by atoms with Gasteiger partial charge in [-0.1, -0.05) is 0 Å². The second kappa shape index (κ2) is 11.5. The van der Waals surface area contributed by atoms with Crippen molar-refractivity contribution in [2.45, 2.75) is 25.8 Å². The van der Waals surface area contributed by atoms with Gasteiger partial charge in [-0.25, -0.2) is 18.1 Å². The minimum atomic E-state index is -3.14. The van der Waals surface area contributed by atoms with Crippen molar-refractivity contribution in [3.05, 3.63) is 35.5 Å². The largest absolute Gasteiger partial charge is 0.493 e. The van der Waals surface area contributed by atoms with Crippen molar-refractivity contribution in [1.82, 2.24) is 25.0 Å². The fraction of sp³-hybridized carbons (Fsp3) is 0.519. The molecule has 5 rings (SSSR count). The third kappa shape index (κ3) is 5.87. The standard InChI is InChI=1S/C27H35N5O6S/c1-18-25-21(27(33)28-8-4-9-31-10-12-38-13-11-31)16-22(19-5-6-23(36-2)24(15-19)37-3)29-26(25)32(30-18)20-7-14-39(34,35)17-20/h5-6,15-16,20H,4,7-14,17H2,1-3H3,(H,28,33). The Morgan fingerprint density at radius 1 is 1.15 bits per heavy atom. The number of aromatic nitrogens is 3. The number of aryl methyl sites for hydroxylation is 1. The highest BCUT2D eigenvalue weighted by Crippen LogP contribution is 2.35. The van der Waals surface area contributed by atoms with Gasteiger partial charge in [-0.3, -0.25) is 9.69 Å². The van der Waals surface area contributed by atoms with E-state index in [0.717, 1.165) is 44.8 Å². The third-order valence-corrected chi connectivity index (χ3v) is 9.11. The van der Waals surface area contributed by atoms with Crippen LogP contribution in [-0.4, -0.2) is 99.1 Å². The van der Waals surface area contributed by atoms with Gasteiger partial charge in [-0.15, -0.1) is 0 Å². The second-order valence-electron chi connectivity index (χ2n) is 9.97. The van der Waals surface area contributed by atoms with Gasteiger partial charge in [0, 0.05) is 25.2 Å². The lowest BCUT2D eigenvalue weighted by Crippen LogP contribution is -2.38. The van der Waals surface area contributed by atoms with Crippen LogP contribution in [0, 0.1) is 6.92 Å². The fourth-order valence-corrected chi connectivity index (χ4v) is 6.97. The summed E-state index contributed by atoms with van der Waals surface area (Å²) in [7, 11) is -0.0107. The number of morpholine rings is 1. The summed E-state index contributed by atoms with van der Waals surface area (Å²) >= 11 is 0. The SMILES string of the molecule is COc1ccc(-c2cc(C(=O)NCCCN3CCOCC3)c3c(C)nn(C4CCS(=O)(=O)C4)c3n2)cc1OC. The maximum absolute atomic E-state index is 13.6. The lowest BCUT2D eigenvalue weighted by Gasteiger charge is -2.26. The summed E-state index contributed by atoms with van der Waals surface area (Å²) in [5.41, 5.74) is 2.89. The van der Waals surface area contributed by atoms with E-state index in [1.54, 1.807) is 31.0 Å². The van der Waals surface area contributed by atoms with Gasteiger partial charge in [0.1, 0.15) is 0 Å². The molecule has 0 radical (unpaired) electrons. The zero-order chi connectivity index (χ0) is 27.6. The van der Waals surface area contributed by atoms with Crippen LogP contribution in [0.5, 0.6) is 11.5 Å². The number of rotatable bonds is 9. The molecule has 1 aromatic carbocycles. The normalized spacial score (nSPS) is 19.3. The summed E-state index contributed by atoms with van der Waals surface area (Å²) < 4.78 is 42.5. The third-order valence-electron chi connectivity index (χ3n) is 7.36. The molecule has 1 amide bonds. The molecule has 0 saturated carbocycles. The van der Waals surface area contributed by atoms with Crippen LogP contribution < -0.4 is 14.8 Å². The Bertz CT molecular complexity index is 1470. The number of ether oxygens (including phenoxy) is 3. The van der Waals surface area contributed by atoms with E-state index in [-0.39, 0.29) is 23.5 Å². The van der Waals surface area contributed by atoms with Gasteiger partial charge in [-0.2, -0.15) is 5.10 Å². The number of sulfone groups is 1. The summed E-state index contributed by atoms with van der Waals surface area (Å²) in [6.45, 7) is 6.54. The van der Waals surface area contributed by atoms with Crippen LogP contribution >= 0.6 is 0 Å². The molecule has 2 fully saturated rings. The average molecular weight is 558 g/mol. The van der Waals surface area contributed by atoms with Crippen molar-refractivity contribution in [2.24, 2.45) is 0 Å². The number of hydrogen-bond donors (Lipinski definition) is 1. The lowest BCUT2D eigenvalue weighted by atomic mass is 10.0. The number of hydrogen-bond acceptors (Lipinski definition) is 9. The van der Waals surface area contributed by atoms with E-state index in [9.17, 15) is 13.2 Å². The van der Waals surface area contributed by atoms with E-state index in [1.807, 2.05) is 19.1 Å². The molecular formula is C27H35N5O6S. The maximum Gasteiger partial charge on any atom is 0.252 e. The molecule has 0 bridgehead atoms. The topological polar surface area (TPSA) is 125 Å². The van der Waals surface area contributed by atoms with Gasteiger partial charge in [0.2, 0.25) is 0 Å². The van der Waals surface area contributed by atoms with Crippen LogP contribution in [0.4, 0.5) is 0 Å². The van der Waals surface area contributed by atoms with Crippen LogP contribution in [0.2, 0.25) is 0 Å². The van der Waals surface area contributed by atoms with Crippen LogP contribution in [0.25, 0.3) is 22.3 Å². The van der Waals surface area contributed by atoms with Crippen LogP contribution in [0.3, 0.4) is 0 Å². The van der Waals surface area contributed by atoms with Crippen molar-refractivity contribution in [3.8, 4) is 22.8 Å². The fourth-order valence-electron chi connectivity index (χ4n) is 5.28. The molecule has 2 aromatic heterocycles. The summed E-state index contributed by atoms with van der Waals surface area (Å²) in [5.74, 6) is 1.03. The molecule has 0 spiro atoms. The first-order valence-electron chi connectivity index (χ1n) is 13.2. The highest BCUT2D eigenvalue weighted by molar-refractivity contribution is 7.91. The predicted octanol–water partition coefficient (Wildman–Crippen LogP) is 2.24. The molecule has 2 aliphatic heterocycles. The van der Waals surface area contributed by atoms with E-state index in [1.165, 1.54) is 0 Å². The molecule has 1 unspecified atom stereocenters. The molecule has 39 heavy (non-hydrogen) atoms. The molecule has 11 nitrogen and oxygen atoms in total. The van der Waals surface area contributed by atoms with E-state index >= 15 is 0 Å². The average Bonchev–Trinajstić information content (AvgIpc) is 3.48. The molecule has 12 heteroatoms. The highest BCUT2D eigenvalue weighted by atomic mass is 32.2. The molecule has 2 aliphatic rings. The minimum absolute atomic E-state index is 0.00849. The van der Waals surface area contributed by atoms with Crippen molar-refractivity contribution in [3.63, 3.8) is 0 Å². The number of fused-ring (bicyclic) bond motifs is 1. The van der Waals surface area contributed by atoms with Crippen molar-refractivity contribution < 1.29 is 27.4 Å². The number of carbonyl (C=O) groups is 1.